The van der Waals surface area contributed by atoms with Crippen molar-refractivity contribution in [1.29, 1.82) is 0 Å². The standard InChI is InChI=1S/C10H24O2Si/c1-9(7-11)8-12-13(5,6)10(2,3)4/h9,11H,7-8H2,1-6H3/t9-/m1/s1. The van der Waals surface area contributed by atoms with E-state index in [1.807, 2.05) is 6.92 Å². The van der Waals surface area contributed by atoms with Crippen LogP contribution in [0, 0.1) is 5.92 Å². The molecule has 13 heavy (non-hydrogen) atoms. The number of aliphatic hydroxyl groups is 1. The van der Waals surface area contributed by atoms with E-state index in [0.717, 1.165) is 0 Å². The first-order chi connectivity index (χ1) is 5.70. The lowest BCUT2D eigenvalue weighted by Gasteiger charge is -2.36. The van der Waals surface area contributed by atoms with Gasteiger partial charge < -0.3 is 9.53 Å². The topological polar surface area (TPSA) is 29.5 Å². The van der Waals surface area contributed by atoms with Gasteiger partial charge in [0.1, 0.15) is 0 Å². The Hall–Kier alpha value is 0.137. The van der Waals surface area contributed by atoms with E-state index in [1.165, 1.54) is 0 Å². The maximum Gasteiger partial charge on any atom is 0.191 e. The van der Waals surface area contributed by atoms with Gasteiger partial charge in [-0.05, 0) is 18.1 Å². The van der Waals surface area contributed by atoms with E-state index in [4.69, 9.17) is 9.53 Å². The second kappa shape index (κ2) is 4.58. The zero-order valence-electron chi connectivity index (χ0n) is 9.85. The summed E-state index contributed by atoms with van der Waals surface area (Å²) in [6.45, 7) is 14.1. The van der Waals surface area contributed by atoms with Crippen molar-refractivity contribution in [1.82, 2.24) is 0 Å². The first-order valence-corrected chi connectivity index (χ1v) is 7.86. The summed E-state index contributed by atoms with van der Waals surface area (Å²) in [4.78, 5) is 0. The number of hydrogen-bond donors (Lipinski definition) is 1. The largest absolute Gasteiger partial charge is 0.416 e. The Morgan fingerprint density at radius 2 is 1.77 bits per heavy atom. The fraction of sp³-hybridized carbons (Fsp3) is 1.00. The van der Waals surface area contributed by atoms with Crippen LogP contribution in [0.25, 0.3) is 0 Å². The van der Waals surface area contributed by atoms with Crippen LogP contribution in [0.3, 0.4) is 0 Å². The molecule has 0 amide bonds. The zero-order chi connectivity index (χ0) is 10.7. The van der Waals surface area contributed by atoms with Gasteiger partial charge in [0.25, 0.3) is 0 Å². The Balaban J connectivity index is 4.04. The van der Waals surface area contributed by atoms with Crippen molar-refractivity contribution in [2.75, 3.05) is 13.2 Å². The lowest BCUT2D eigenvalue weighted by molar-refractivity contribution is 0.165. The molecule has 1 N–H and O–H groups in total. The molecule has 0 unspecified atom stereocenters. The SMILES string of the molecule is C[C@H](CO)CO[Si](C)(C)C(C)(C)C. The second-order valence-electron chi connectivity index (χ2n) is 5.36. The molecule has 0 saturated heterocycles. The molecule has 0 radical (unpaired) electrons. The highest BCUT2D eigenvalue weighted by Crippen LogP contribution is 2.36. The number of rotatable bonds is 4. The van der Waals surface area contributed by atoms with Crippen LogP contribution in [0.15, 0.2) is 0 Å². The minimum atomic E-state index is -1.60. The fourth-order valence-electron chi connectivity index (χ4n) is 0.620. The second-order valence-corrected chi connectivity index (χ2v) is 10.2. The number of hydrogen-bond acceptors (Lipinski definition) is 2. The summed E-state index contributed by atoms with van der Waals surface area (Å²) in [5.41, 5.74) is 0. The molecule has 3 heteroatoms. The molecular weight excluding hydrogens is 180 g/mol. The maximum atomic E-state index is 8.87. The van der Waals surface area contributed by atoms with Gasteiger partial charge in [-0.1, -0.05) is 27.7 Å². The summed E-state index contributed by atoms with van der Waals surface area (Å²) >= 11 is 0. The minimum Gasteiger partial charge on any atom is -0.416 e. The van der Waals surface area contributed by atoms with Crippen molar-refractivity contribution >= 4 is 8.32 Å². The monoisotopic (exact) mass is 204 g/mol. The molecule has 0 aliphatic carbocycles. The molecule has 0 aromatic heterocycles. The molecule has 0 bridgehead atoms. The van der Waals surface area contributed by atoms with E-state index in [1.54, 1.807) is 0 Å². The fourth-order valence-corrected chi connectivity index (χ4v) is 1.75. The van der Waals surface area contributed by atoms with Crippen LogP contribution in [0.2, 0.25) is 18.1 Å². The molecule has 80 valence electrons. The van der Waals surface area contributed by atoms with Crippen molar-refractivity contribution in [3.63, 3.8) is 0 Å². The van der Waals surface area contributed by atoms with Crippen LogP contribution in [-0.2, 0) is 4.43 Å². The molecule has 2 nitrogen and oxygen atoms in total. The molecule has 0 saturated carbocycles. The van der Waals surface area contributed by atoms with E-state index in [2.05, 4.69) is 33.9 Å². The highest BCUT2D eigenvalue weighted by molar-refractivity contribution is 6.74. The Bertz CT molecular complexity index is 149. The van der Waals surface area contributed by atoms with Gasteiger partial charge in [0.15, 0.2) is 8.32 Å². The van der Waals surface area contributed by atoms with E-state index < -0.39 is 8.32 Å². The van der Waals surface area contributed by atoms with Gasteiger partial charge in [0, 0.05) is 19.1 Å². The van der Waals surface area contributed by atoms with Gasteiger partial charge in [0.05, 0.1) is 0 Å². The molecule has 0 heterocycles. The average molecular weight is 204 g/mol. The third-order valence-corrected chi connectivity index (χ3v) is 7.35. The Kier molecular flexibility index (Phi) is 4.62. The van der Waals surface area contributed by atoms with Crippen LogP contribution < -0.4 is 0 Å². The highest BCUT2D eigenvalue weighted by atomic mass is 28.4. The quantitative estimate of drug-likeness (QED) is 0.713. The Morgan fingerprint density at radius 1 is 1.31 bits per heavy atom. The van der Waals surface area contributed by atoms with Gasteiger partial charge in [-0.2, -0.15) is 0 Å². The summed E-state index contributed by atoms with van der Waals surface area (Å²) < 4.78 is 5.93. The lowest BCUT2D eigenvalue weighted by Crippen LogP contribution is -2.42. The molecular formula is C10H24O2Si. The van der Waals surface area contributed by atoms with E-state index in [9.17, 15) is 0 Å². The van der Waals surface area contributed by atoms with Gasteiger partial charge in [-0.3, -0.25) is 0 Å². The minimum absolute atomic E-state index is 0.217. The molecule has 0 aliphatic rings. The summed E-state index contributed by atoms with van der Waals surface area (Å²) in [5.74, 6) is 0.258. The lowest BCUT2D eigenvalue weighted by atomic mass is 10.2. The normalized spacial score (nSPS) is 15.9. The van der Waals surface area contributed by atoms with Crippen LogP contribution in [0.5, 0.6) is 0 Å². The molecule has 0 aromatic rings. The Morgan fingerprint density at radius 3 is 2.08 bits per heavy atom. The van der Waals surface area contributed by atoms with Gasteiger partial charge in [0.2, 0.25) is 0 Å². The average Bonchev–Trinajstić information content (AvgIpc) is 1.98. The van der Waals surface area contributed by atoms with Crippen LogP contribution >= 0.6 is 0 Å². The predicted octanol–water partition coefficient (Wildman–Crippen LogP) is 2.64. The zero-order valence-corrected chi connectivity index (χ0v) is 10.8. The smallest absolute Gasteiger partial charge is 0.191 e. The molecule has 0 spiro atoms. The number of aliphatic hydroxyl groups excluding tert-OH is 1. The van der Waals surface area contributed by atoms with Crippen molar-refractivity contribution in [3.8, 4) is 0 Å². The summed E-state index contributed by atoms with van der Waals surface area (Å²) in [7, 11) is -1.60. The predicted molar refractivity (Wildman–Crippen MR) is 59.4 cm³/mol. The third kappa shape index (κ3) is 4.25. The molecule has 0 fully saturated rings. The van der Waals surface area contributed by atoms with Crippen molar-refractivity contribution in [3.05, 3.63) is 0 Å². The van der Waals surface area contributed by atoms with Gasteiger partial charge in [-0.25, -0.2) is 0 Å². The van der Waals surface area contributed by atoms with Crippen molar-refractivity contribution in [2.45, 2.75) is 45.8 Å². The van der Waals surface area contributed by atoms with Crippen LogP contribution in [0.1, 0.15) is 27.7 Å². The summed E-state index contributed by atoms with van der Waals surface area (Å²) in [6.07, 6.45) is 0. The molecule has 1 atom stereocenters. The van der Waals surface area contributed by atoms with Crippen LogP contribution in [0.4, 0.5) is 0 Å². The molecule has 0 rings (SSSR count). The summed E-state index contributed by atoms with van der Waals surface area (Å²) in [5, 5.41) is 9.14. The van der Waals surface area contributed by atoms with Crippen molar-refractivity contribution in [2.24, 2.45) is 5.92 Å². The third-order valence-electron chi connectivity index (χ3n) is 2.85. The Labute approximate surface area is 83.4 Å². The first-order valence-electron chi connectivity index (χ1n) is 4.95. The highest BCUT2D eigenvalue weighted by Gasteiger charge is 2.37. The molecule has 0 aromatic carbocycles. The van der Waals surface area contributed by atoms with Gasteiger partial charge in [-0.15, -0.1) is 0 Å². The molecule has 0 aliphatic heterocycles. The van der Waals surface area contributed by atoms with Gasteiger partial charge >= 0.3 is 0 Å². The van der Waals surface area contributed by atoms with Crippen LogP contribution in [-0.4, -0.2) is 26.6 Å². The van der Waals surface area contributed by atoms with Crippen molar-refractivity contribution < 1.29 is 9.53 Å². The maximum absolute atomic E-state index is 8.87. The van der Waals surface area contributed by atoms with E-state index in [0.29, 0.717) is 6.61 Å². The summed E-state index contributed by atoms with van der Waals surface area (Å²) in [6, 6.07) is 0. The van der Waals surface area contributed by atoms with E-state index >= 15 is 0 Å². The van der Waals surface area contributed by atoms with E-state index in [-0.39, 0.29) is 17.6 Å². The first kappa shape index (κ1) is 13.1.